The largest absolute Gasteiger partial charge is 0.384 e. The molecule has 3 rings (SSSR count). The number of piperidine rings is 1. The molecule has 112 valence electrons. The summed E-state index contributed by atoms with van der Waals surface area (Å²) in [6.07, 6.45) is 2.82. The van der Waals surface area contributed by atoms with Gasteiger partial charge < -0.3 is 5.11 Å². The van der Waals surface area contributed by atoms with Crippen LogP contribution in [0.2, 0.25) is 0 Å². The zero-order valence-corrected chi connectivity index (χ0v) is 12.2. The van der Waals surface area contributed by atoms with Gasteiger partial charge in [-0.25, -0.2) is 12.8 Å². The SMILES string of the molecule is O=S(=O)(c1ccc(C#CCO)cc1F)N1CC2CCC1C2. The second-order valence-corrected chi connectivity index (χ2v) is 7.37. The molecule has 1 aromatic rings. The lowest BCUT2D eigenvalue weighted by Gasteiger charge is -2.26. The Bertz CT molecular complexity index is 720. The highest BCUT2D eigenvalue weighted by molar-refractivity contribution is 7.89. The average Bonchev–Trinajstić information content (AvgIpc) is 3.07. The second kappa shape index (κ2) is 5.41. The van der Waals surface area contributed by atoms with Gasteiger partial charge in [0.1, 0.15) is 17.3 Å². The Labute approximate surface area is 123 Å². The van der Waals surface area contributed by atoms with E-state index < -0.39 is 15.8 Å². The first kappa shape index (κ1) is 14.5. The van der Waals surface area contributed by atoms with Gasteiger partial charge in [0, 0.05) is 18.2 Å². The van der Waals surface area contributed by atoms with Crippen molar-refractivity contribution in [3.63, 3.8) is 0 Å². The predicted octanol–water partition coefficient (Wildman–Crippen LogP) is 1.34. The minimum absolute atomic E-state index is 0.0215. The van der Waals surface area contributed by atoms with Crippen molar-refractivity contribution in [2.24, 2.45) is 5.92 Å². The number of hydrogen-bond donors (Lipinski definition) is 1. The zero-order valence-electron chi connectivity index (χ0n) is 11.4. The third kappa shape index (κ3) is 2.57. The van der Waals surface area contributed by atoms with Crippen LogP contribution in [-0.2, 0) is 10.0 Å². The van der Waals surface area contributed by atoms with Crippen molar-refractivity contribution in [1.82, 2.24) is 4.31 Å². The van der Waals surface area contributed by atoms with E-state index in [0.717, 1.165) is 25.3 Å². The lowest BCUT2D eigenvalue weighted by molar-refractivity contribution is 0.332. The van der Waals surface area contributed by atoms with E-state index in [1.807, 2.05) is 0 Å². The molecule has 0 amide bonds. The highest BCUT2D eigenvalue weighted by atomic mass is 32.2. The van der Waals surface area contributed by atoms with Crippen molar-refractivity contribution in [1.29, 1.82) is 0 Å². The smallest absolute Gasteiger partial charge is 0.246 e. The van der Waals surface area contributed by atoms with Gasteiger partial charge in [-0.2, -0.15) is 4.31 Å². The first-order valence-corrected chi connectivity index (χ1v) is 8.37. The third-order valence-corrected chi connectivity index (χ3v) is 6.14. The number of aliphatic hydroxyl groups excluding tert-OH is 1. The highest BCUT2D eigenvalue weighted by Crippen LogP contribution is 2.40. The van der Waals surface area contributed by atoms with Crippen LogP contribution in [0.1, 0.15) is 24.8 Å². The zero-order chi connectivity index (χ0) is 15.0. The van der Waals surface area contributed by atoms with Gasteiger partial charge in [-0.3, -0.25) is 0 Å². The van der Waals surface area contributed by atoms with Crippen molar-refractivity contribution in [3.05, 3.63) is 29.6 Å². The van der Waals surface area contributed by atoms with E-state index >= 15 is 0 Å². The highest BCUT2D eigenvalue weighted by Gasteiger charge is 2.44. The summed E-state index contributed by atoms with van der Waals surface area (Å²) in [6.45, 7) is 0.178. The van der Waals surface area contributed by atoms with Crippen LogP contribution in [0.25, 0.3) is 0 Å². The Morgan fingerprint density at radius 3 is 2.76 bits per heavy atom. The van der Waals surface area contributed by atoms with E-state index in [0.29, 0.717) is 18.0 Å². The second-order valence-electron chi connectivity index (χ2n) is 5.51. The maximum atomic E-state index is 14.1. The first-order valence-electron chi connectivity index (χ1n) is 6.93. The molecule has 6 heteroatoms. The molecule has 21 heavy (non-hydrogen) atoms. The van der Waals surface area contributed by atoms with Crippen LogP contribution in [0.5, 0.6) is 0 Å². The molecule has 1 saturated heterocycles. The van der Waals surface area contributed by atoms with E-state index in [2.05, 4.69) is 11.8 Å². The lowest BCUT2D eigenvalue weighted by Crippen LogP contribution is -2.38. The van der Waals surface area contributed by atoms with Crippen LogP contribution >= 0.6 is 0 Å². The molecule has 2 fully saturated rings. The number of nitrogens with zero attached hydrogens (tertiary/aromatic N) is 1. The van der Waals surface area contributed by atoms with Crippen LogP contribution in [0, 0.1) is 23.6 Å². The molecule has 1 heterocycles. The van der Waals surface area contributed by atoms with E-state index in [9.17, 15) is 12.8 Å². The summed E-state index contributed by atoms with van der Waals surface area (Å²) in [7, 11) is -3.78. The van der Waals surface area contributed by atoms with Gasteiger partial charge in [0.15, 0.2) is 0 Å². The molecular formula is C15H16FNO3S. The van der Waals surface area contributed by atoms with E-state index in [1.165, 1.54) is 16.4 Å². The van der Waals surface area contributed by atoms with Gasteiger partial charge in [0.05, 0.1) is 0 Å². The van der Waals surface area contributed by atoms with Crippen LogP contribution < -0.4 is 0 Å². The topological polar surface area (TPSA) is 57.6 Å². The number of rotatable bonds is 2. The number of sulfonamides is 1. The fraction of sp³-hybridized carbons (Fsp3) is 0.467. The molecule has 2 atom stereocenters. The molecule has 1 saturated carbocycles. The lowest BCUT2D eigenvalue weighted by atomic mass is 10.1. The maximum Gasteiger partial charge on any atom is 0.246 e. The standard InChI is InChI=1S/C15H16FNO3S/c16-14-9-11(2-1-7-18)4-6-15(14)21(19,20)17-10-12-3-5-13(17)8-12/h4,6,9,12-13,18H,3,5,7-8,10H2. The van der Waals surface area contributed by atoms with Gasteiger partial charge in [-0.05, 0) is 43.4 Å². The predicted molar refractivity (Wildman–Crippen MR) is 75.4 cm³/mol. The molecule has 4 nitrogen and oxygen atoms in total. The molecule has 1 aliphatic heterocycles. The Balaban J connectivity index is 1.92. The van der Waals surface area contributed by atoms with Crippen molar-refractivity contribution < 1.29 is 17.9 Å². The monoisotopic (exact) mass is 309 g/mol. The summed E-state index contributed by atoms with van der Waals surface area (Å²) in [4.78, 5) is -0.287. The van der Waals surface area contributed by atoms with Crippen LogP contribution in [0.4, 0.5) is 4.39 Å². The fourth-order valence-corrected chi connectivity index (χ4v) is 5.02. The molecular weight excluding hydrogens is 293 g/mol. The van der Waals surface area contributed by atoms with Gasteiger partial charge >= 0.3 is 0 Å². The number of benzene rings is 1. The van der Waals surface area contributed by atoms with Crippen LogP contribution in [0.3, 0.4) is 0 Å². The summed E-state index contributed by atoms with van der Waals surface area (Å²) in [5.74, 6) is 4.60. The molecule has 2 bridgehead atoms. The normalized spacial score (nSPS) is 24.9. The molecule has 0 radical (unpaired) electrons. The summed E-state index contributed by atoms with van der Waals surface area (Å²) >= 11 is 0. The average molecular weight is 309 g/mol. The summed E-state index contributed by atoms with van der Waals surface area (Å²) in [5.41, 5.74) is 0.350. The molecule has 0 spiro atoms. The van der Waals surface area contributed by atoms with Crippen molar-refractivity contribution in [2.45, 2.75) is 30.2 Å². The minimum Gasteiger partial charge on any atom is -0.384 e. The fourth-order valence-electron chi connectivity index (χ4n) is 3.23. The number of halogens is 1. The Morgan fingerprint density at radius 2 is 2.19 bits per heavy atom. The summed E-state index contributed by atoms with van der Waals surface area (Å²) in [5, 5.41) is 8.61. The molecule has 1 aliphatic carbocycles. The van der Waals surface area contributed by atoms with E-state index in [1.54, 1.807) is 0 Å². The minimum atomic E-state index is -3.78. The first-order chi connectivity index (χ1) is 10.0. The molecule has 2 unspecified atom stereocenters. The van der Waals surface area contributed by atoms with E-state index in [-0.39, 0.29) is 17.5 Å². The summed E-state index contributed by atoms with van der Waals surface area (Å²) < 4.78 is 40.7. The van der Waals surface area contributed by atoms with Gasteiger partial charge in [0.2, 0.25) is 10.0 Å². The van der Waals surface area contributed by atoms with Crippen LogP contribution in [0.15, 0.2) is 23.1 Å². The molecule has 2 aliphatic rings. The van der Waals surface area contributed by atoms with Gasteiger partial charge in [0.25, 0.3) is 0 Å². The van der Waals surface area contributed by atoms with Gasteiger partial charge in [-0.15, -0.1) is 0 Å². The Morgan fingerprint density at radius 1 is 1.38 bits per heavy atom. The Hall–Kier alpha value is -1.42. The number of hydrogen-bond acceptors (Lipinski definition) is 3. The van der Waals surface area contributed by atoms with Crippen molar-refractivity contribution in [2.75, 3.05) is 13.2 Å². The molecule has 1 aromatic carbocycles. The van der Waals surface area contributed by atoms with Crippen LogP contribution in [-0.4, -0.2) is 37.0 Å². The van der Waals surface area contributed by atoms with Crippen molar-refractivity contribution >= 4 is 10.0 Å². The molecule has 1 N–H and O–H groups in total. The number of fused-ring (bicyclic) bond motifs is 2. The quantitative estimate of drug-likeness (QED) is 0.839. The third-order valence-electron chi connectivity index (χ3n) is 4.19. The van der Waals surface area contributed by atoms with E-state index in [4.69, 9.17) is 5.11 Å². The number of aliphatic hydroxyl groups is 1. The van der Waals surface area contributed by atoms with Crippen molar-refractivity contribution in [3.8, 4) is 11.8 Å². The molecule has 0 aromatic heterocycles. The maximum absolute atomic E-state index is 14.1. The van der Waals surface area contributed by atoms with Gasteiger partial charge in [-0.1, -0.05) is 11.8 Å². The Kier molecular flexibility index (Phi) is 3.74. The summed E-state index contributed by atoms with van der Waals surface area (Å²) in [6, 6.07) is 3.85.